The molecule has 3 aromatic rings. The highest BCUT2D eigenvalue weighted by Gasteiger charge is 2.55. The van der Waals surface area contributed by atoms with Crippen molar-refractivity contribution in [2.45, 2.75) is 44.8 Å². The van der Waals surface area contributed by atoms with Crippen molar-refractivity contribution in [2.75, 3.05) is 16.8 Å². The van der Waals surface area contributed by atoms with E-state index in [2.05, 4.69) is 15.8 Å². The van der Waals surface area contributed by atoms with Gasteiger partial charge in [-0.3, -0.25) is 25.0 Å². The molecule has 0 saturated carbocycles. The van der Waals surface area contributed by atoms with Crippen LogP contribution >= 0.6 is 23.2 Å². The summed E-state index contributed by atoms with van der Waals surface area (Å²) in [6.07, 6.45) is 1.12. The molecule has 0 unspecified atom stereocenters. The topological polar surface area (TPSA) is 161 Å². The zero-order valence-corrected chi connectivity index (χ0v) is 25.9. The first kappa shape index (κ1) is 33.2. The number of rotatable bonds is 11. The molecule has 1 heterocycles. The number of hydrogen-bond donors (Lipinski definition) is 3. The number of amides is 5. The Bertz CT molecular complexity index is 1580. The first-order chi connectivity index (χ1) is 21.4. The van der Waals surface area contributed by atoms with E-state index in [1.54, 1.807) is 73.3 Å². The van der Waals surface area contributed by atoms with E-state index in [1.165, 1.54) is 29.3 Å². The van der Waals surface area contributed by atoms with Crippen LogP contribution in [0.5, 0.6) is 0 Å². The second-order valence-corrected chi connectivity index (χ2v) is 11.6. The van der Waals surface area contributed by atoms with Gasteiger partial charge in [-0.25, -0.2) is 15.0 Å². The minimum atomic E-state index is -1.13. The lowest BCUT2D eigenvalue weighted by molar-refractivity contribution is -0.384. The zero-order valence-electron chi connectivity index (χ0n) is 24.4. The molecule has 15 heteroatoms. The lowest BCUT2D eigenvalue weighted by Crippen LogP contribution is -2.58. The number of urea groups is 2. The van der Waals surface area contributed by atoms with Gasteiger partial charge in [0.2, 0.25) is 5.91 Å². The number of hydrogen-bond acceptors (Lipinski definition) is 7. The number of halogens is 2. The quantitative estimate of drug-likeness (QED) is 0.0703. The molecule has 0 spiro atoms. The Labute approximate surface area is 269 Å². The Morgan fingerprint density at radius 2 is 1.71 bits per heavy atom. The number of nitrogens with one attached hydrogen (secondary N) is 2. The molecular weight excluding hydrogens is 625 g/mol. The average molecular weight is 657 g/mol. The summed E-state index contributed by atoms with van der Waals surface area (Å²) in [5.74, 6) is -0.371. The SMILES string of the molecule is CC1(C)[C@@H](N(O)C(=O)Nc2ccc(Cl)cc2)N(c2ccc(Cl)cc2)C(=O)N1CCCCC(=O)N/N=C/c1cccc([N+](=O)[O-])c1. The van der Waals surface area contributed by atoms with Crippen molar-refractivity contribution in [3.05, 3.63) is 98.5 Å². The highest BCUT2D eigenvalue weighted by Crippen LogP contribution is 2.38. The molecule has 1 aliphatic rings. The van der Waals surface area contributed by atoms with Crippen LogP contribution in [-0.2, 0) is 4.79 Å². The van der Waals surface area contributed by atoms with E-state index in [0.717, 1.165) is 0 Å². The number of carbonyl (C=O) groups is 3. The van der Waals surface area contributed by atoms with Gasteiger partial charge in [-0.2, -0.15) is 10.2 Å². The number of benzene rings is 3. The van der Waals surface area contributed by atoms with E-state index in [9.17, 15) is 29.7 Å². The Morgan fingerprint density at radius 1 is 1.07 bits per heavy atom. The van der Waals surface area contributed by atoms with E-state index in [-0.39, 0.29) is 24.6 Å². The van der Waals surface area contributed by atoms with Gasteiger partial charge in [0.25, 0.3) is 5.69 Å². The average Bonchev–Trinajstić information content (AvgIpc) is 3.20. The van der Waals surface area contributed by atoms with Crippen LogP contribution in [0, 0.1) is 10.1 Å². The van der Waals surface area contributed by atoms with Crippen LogP contribution in [0.1, 0.15) is 38.7 Å². The van der Waals surface area contributed by atoms with Crippen LogP contribution in [-0.4, -0.2) is 62.5 Å². The minimum absolute atomic E-state index is 0.0898. The molecule has 0 bridgehead atoms. The second kappa shape index (κ2) is 14.4. The van der Waals surface area contributed by atoms with Gasteiger partial charge in [-0.15, -0.1) is 0 Å². The van der Waals surface area contributed by atoms with Crippen LogP contribution in [0.25, 0.3) is 0 Å². The summed E-state index contributed by atoms with van der Waals surface area (Å²) < 4.78 is 0. The van der Waals surface area contributed by atoms with Gasteiger partial charge in [0.05, 0.1) is 16.7 Å². The molecule has 4 rings (SSSR count). The van der Waals surface area contributed by atoms with E-state index >= 15 is 0 Å². The molecule has 236 valence electrons. The lowest BCUT2D eigenvalue weighted by Gasteiger charge is -2.38. The fourth-order valence-corrected chi connectivity index (χ4v) is 5.17. The normalized spacial score (nSPS) is 15.8. The number of anilines is 2. The maximum Gasteiger partial charge on any atom is 0.347 e. The van der Waals surface area contributed by atoms with Crippen molar-refractivity contribution in [1.82, 2.24) is 15.4 Å². The van der Waals surface area contributed by atoms with Crippen molar-refractivity contribution in [3.63, 3.8) is 0 Å². The summed E-state index contributed by atoms with van der Waals surface area (Å²) >= 11 is 12.0. The number of hydroxylamine groups is 2. The van der Waals surface area contributed by atoms with Crippen molar-refractivity contribution < 1.29 is 24.5 Å². The second-order valence-electron chi connectivity index (χ2n) is 10.7. The van der Waals surface area contributed by atoms with Gasteiger partial charge < -0.3 is 10.2 Å². The van der Waals surface area contributed by atoms with Gasteiger partial charge >= 0.3 is 12.1 Å². The molecule has 0 radical (unpaired) electrons. The summed E-state index contributed by atoms with van der Waals surface area (Å²) in [5, 5.41) is 30.0. The fourth-order valence-electron chi connectivity index (χ4n) is 4.92. The molecule has 1 atom stereocenters. The number of hydrazone groups is 1. The summed E-state index contributed by atoms with van der Waals surface area (Å²) in [6.45, 7) is 3.70. The predicted molar refractivity (Wildman–Crippen MR) is 171 cm³/mol. The van der Waals surface area contributed by atoms with Crippen LogP contribution in [0.15, 0.2) is 77.9 Å². The monoisotopic (exact) mass is 655 g/mol. The van der Waals surface area contributed by atoms with Crippen molar-refractivity contribution in [2.24, 2.45) is 5.10 Å². The Balaban J connectivity index is 1.41. The molecule has 0 aromatic heterocycles. The Morgan fingerprint density at radius 3 is 2.36 bits per heavy atom. The molecule has 3 N–H and O–H groups in total. The largest absolute Gasteiger partial charge is 0.347 e. The van der Waals surface area contributed by atoms with Gasteiger partial charge in [-0.05, 0) is 75.2 Å². The maximum absolute atomic E-state index is 13.8. The molecule has 3 aromatic carbocycles. The zero-order chi connectivity index (χ0) is 32.7. The molecule has 45 heavy (non-hydrogen) atoms. The van der Waals surface area contributed by atoms with Crippen molar-refractivity contribution in [1.29, 1.82) is 0 Å². The van der Waals surface area contributed by atoms with E-state index in [1.807, 2.05) is 0 Å². The van der Waals surface area contributed by atoms with Crippen LogP contribution < -0.4 is 15.6 Å². The summed E-state index contributed by atoms with van der Waals surface area (Å²) in [4.78, 5) is 52.5. The van der Waals surface area contributed by atoms with Gasteiger partial charge in [-0.1, -0.05) is 35.3 Å². The molecule has 0 aliphatic carbocycles. The van der Waals surface area contributed by atoms with Gasteiger partial charge in [0.15, 0.2) is 6.17 Å². The van der Waals surface area contributed by atoms with Crippen LogP contribution in [0.3, 0.4) is 0 Å². The highest BCUT2D eigenvalue weighted by atomic mass is 35.5. The Hall–Kier alpha value is -4.72. The fraction of sp³-hybridized carbons (Fsp3) is 0.267. The lowest BCUT2D eigenvalue weighted by atomic mass is 9.99. The number of non-ortho nitro benzene ring substituents is 1. The van der Waals surface area contributed by atoms with Crippen molar-refractivity contribution in [3.8, 4) is 0 Å². The highest BCUT2D eigenvalue weighted by molar-refractivity contribution is 6.31. The molecule has 1 aliphatic heterocycles. The Kier molecular flexibility index (Phi) is 10.6. The molecular formula is C30H31Cl2N7O6. The minimum Gasteiger partial charge on any atom is -0.315 e. The standard InChI is InChI=1S/C30H31Cl2N7O6/c1-30(2)27(38(43)28(41)34-23-13-9-21(31)10-14-23)37(24-15-11-22(32)12-16-24)29(42)36(30)17-4-3-8-26(40)35-33-19-20-6-5-7-25(18-20)39(44)45/h5-7,9-16,18-19,27,43H,3-4,8,17H2,1-2H3,(H,34,41)(H,35,40)/b33-19+/t27-/m1/s1. The number of nitro benzene ring substituents is 1. The predicted octanol–water partition coefficient (Wildman–Crippen LogP) is 6.49. The maximum atomic E-state index is 13.8. The number of nitro groups is 1. The summed E-state index contributed by atoms with van der Waals surface area (Å²) in [7, 11) is 0. The first-order valence-corrected chi connectivity index (χ1v) is 14.6. The third-order valence-electron chi connectivity index (χ3n) is 7.17. The van der Waals surface area contributed by atoms with Gasteiger partial charge in [0.1, 0.15) is 0 Å². The van der Waals surface area contributed by atoms with Crippen LogP contribution in [0.2, 0.25) is 10.0 Å². The molecule has 1 fully saturated rings. The smallest absolute Gasteiger partial charge is 0.315 e. The van der Waals surface area contributed by atoms with Crippen LogP contribution in [0.4, 0.5) is 26.7 Å². The third kappa shape index (κ3) is 8.06. The number of nitrogens with zero attached hydrogens (tertiary/aromatic N) is 5. The summed E-state index contributed by atoms with van der Waals surface area (Å²) in [5.41, 5.74) is 2.50. The van der Waals surface area contributed by atoms with E-state index < -0.39 is 28.7 Å². The summed E-state index contributed by atoms with van der Waals surface area (Å²) in [6, 6.07) is 17.3. The molecule has 5 amide bonds. The van der Waals surface area contributed by atoms with Crippen molar-refractivity contribution >= 4 is 64.4 Å². The first-order valence-electron chi connectivity index (χ1n) is 13.9. The molecule has 13 nitrogen and oxygen atoms in total. The number of unbranched alkanes of at least 4 members (excludes halogenated alkanes) is 1. The molecule has 1 saturated heterocycles. The van der Waals surface area contributed by atoms with E-state index in [4.69, 9.17) is 23.2 Å². The third-order valence-corrected chi connectivity index (χ3v) is 7.67. The number of carbonyl (C=O) groups excluding carboxylic acids is 3. The van der Waals surface area contributed by atoms with E-state index in [0.29, 0.717) is 44.9 Å². The van der Waals surface area contributed by atoms with Gasteiger partial charge in [0, 0.05) is 52.1 Å².